The van der Waals surface area contributed by atoms with E-state index < -0.39 is 5.69 Å². The molecule has 0 radical (unpaired) electrons. The third-order valence-corrected chi connectivity index (χ3v) is 5.78. The molecule has 0 bridgehead atoms. The number of carbonyl (C=O) groups excluding carboxylic acids is 1. The number of nitrogens with zero attached hydrogens (tertiary/aromatic N) is 3. The quantitative estimate of drug-likeness (QED) is 0.716. The number of para-hydroxylation sites is 1. The fourth-order valence-electron chi connectivity index (χ4n) is 4.28. The molecule has 1 N–H and O–H groups in total. The smallest absolute Gasteiger partial charge is 0.350 e. The van der Waals surface area contributed by atoms with Gasteiger partial charge in [0.25, 0.3) is 0 Å². The van der Waals surface area contributed by atoms with Gasteiger partial charge in [0.2, 0.25) is 5.91 Å². The molecule has 0 spiro atoms. The average molecular weight is 405 g/mol. The fraction of sp³-hybridized carbons (Fsp3) is 0.375. The number of hydrogen-bond acceptors (Lipinski definition) is 4. The number of fused-ring (bicyclic) bond motifs is 1. The summed E-state index contributed by atoms with van der Waals surface area (Å²) in [5.74, 6) is 1.06. The van der Waals surface area contributed by atoms with E-state index in [9.17, 15) is 9.59 Å². The highest BCUT2D eigenvalue weighted by atomic mass is 16.2. The number of aromatic nitrogens is 2. The van der Waals surface area contributed by atoms with Gasteiger partial charge in [-0.3, -0.25) is 9.36 Å². The molecule has 4 rings (SSSR count). The predicted octanol–water partition coefficient (Wildman–Crippen LogP) is 3.89. The lowest BCUT2D eigenvalue weighted by Crippen LogP contribution is -2.38. The summed E-state index contributed by atoms with van der Waals surface area (Å²) in [5.41, 5.74) is 3.24. The van der Waals surface area contributed by atoms with E-state index in [0.29, 0.717) is 5.92 Å². The molecule has 1 fully saturated rings. The van der Waals surface area contributed by atoms with Crippen LogP contribution >= 0.6 is 0 Å². The minimum Gasteiger partial charge on any atom is -0.356 e. The van der Waals surface area contributed by atoms with Crippen LogP contribution in [-0.2, 0) is 11.3 Å². The van der Waals surface area contributed by atoms with Crippen molar-refractivity contribution in [2.75, 3.05) is 23.3 Å². The largest absolute Gasteiger partial charge is 0.356 e. The zero-order valence-electron chi connectivity index (χ0n) is 17.8. The first-order chi connectivity index (χ1) is 14.4. The Morgan fingerprint density at radius 1 is 1.20 bits per heavy atom. The molecule has 0 aliphatic carbocycles. The van der Waals surface area contributed by atoms with Crippen molar-refractivity contribution < 1.29 is 4.79 Å². The molecule has 2 heterocycles. The van der Waals surface area contributed by atoms with Crippen LogP contribution in [0.3, 0.4) is 0 Å². The summed E-state index contributed by atoms with van der Waals surface area (Å²) in [7, 11) is 0. The summed E-state index contributed by atoms with van der Waals surface area (Å²) < 4.78 is 1.46. The van der Waals surface area contributed by atoms with Crippen LogP contribution in [0.1, 0.15) is 30.9 Å². The van der Waals surface area contributed by atoms with E-state index >= 15 is 0 Å². The van der Waals surface area contributed by atoms with E-state index in [-0.39, 0.29) is 12.5 Å². The second-order valence-corrected chi connectivity index (χ2v) is 8.38. The van der Waals surface area contributed by atoms with Crippen molar-refractivity contribution in [3.8, 4) is 0 Å². The van der Waals surface area contributed by atoms with Crippen LogP contribution in [0.5, 0.6) is 0 Å². The molecule has 1 aromatic heterocycles. The van der Waals surface area contributed by atoms with Crippen molar-refractivity contribution in [3.05, 3.63) is 64.1 Å². The first kappa shape index (κ1) is 20.1. The zero-order valence-corrected chi connectivity index (χ0v) is 17.8. The molecule has 30 heavy (non-hydrogen) atoms. The van der Waals surface area contributed by atoms with Crippen LogP contribution in [0.15, 0.2) is 47.3 Å². The highest BCUT2D eigenvalue weighted by Crippen LogP contribution is 2.27. The Morgan fingerprint density at radius 2 is 2.00 bits per heavy atom. The molecule has 156 valence electrons. The Labute approximate surface area is 176 Å². The van der Waals surface area contributed by atoms with Crippen molar-refractivity contribution in [1.29, 1.82) is 0 Å². The lowest BCUT2D eigenvalue weighted by atomic mass is 10.00. The SMILES string of the molecule is Cc1ccc(NC(=O)Cn2c(=O)nc(N3CCCC(C)C3)c3ccccc32)c(C)c1. The minimum atomic E-state index is -0.391. The summed E-state index contributed by atoms with van der Waals surface area (Å²) >= 11 is 0. The number of piperidine rings is 1. The van der Waals surface area contributed by atoms with Gasteiger partial charge in [-0.1, -0.05) is 36.8 Å². The van der Waals surface area contributed by atoms with Gasteiger partial charge in [0.15, 0.2) is 0 Å². The van der Waals surface area contributed by atoms with E-state index in [1.54, 1.807) is 0 Å². The van der Waals surface area contributed by atoms with Crippen molar-refractivity contribution >= 4 is 28.3 Å². The number of nitrogens with one attached hydrogen (secondary N) is 1. The van der Waals surface area contributed by atoms with Crippen LogP contribution < -0.4 is 15.9 Å². The summed E-state index contributed by atoms with van der Waals surface area (Å²) in [4.78, 5) is 32.3. The molecule has 1 saturated heterocycles. The highest BCUT2D eigenvalue weighted by Gasteiger charge is 2.22. The summed E-state index contributed by atoms with van der Waals surface area (Å²) in [6, 6.07) is 13.6. The maximum atomic E-state index is 12.9. The first-order valence-corrected chi connectivity index (χ1v) is 10.5. The maximum Gasteiger partial charge on any atom is 0.350 e. The van der Waals surface area contributed by atoms with Crippen LogP contribution in [0.4, 0.5) is 11.5 Å². The van der Waals surface area contributed by atoms with Gasteiger partial charge in [0, 0.05) is 24.2 Å². The van der Waals surface area contributed by atoms with Crippen molar-refractivity contribution in [3.63, 3.8) is 0 Å². The monoisotopic (exact) mass is 404 g/mol. The first-order valence-electron chi connectivity index (χ1n) is 10.5. The topological polar surface area (TPSA) is 67.2 Å². The van der Waals surface area contributed by atoms with E-state index in [2.05, 4.69) is 22.1 Å². The molecule has 2 aromatic carbocycles. The standard InChI is InChI=1S/C24H28N4O2/c1-16-10-11-20(18(3)13-16)25-22(29)15-28-21-9-5-4-8-19(21)23(26-24(28)30)27-12-6-7-17(2)14-27/h4-5,8-11,13,17H,6-7,12,14-15H2,1-3H3,(H,25,29). The number of anilines is 2. The number of carbonyl (C=O) groups is 1. The summed E-state index contributed by atoms with van der Waals surface area (Å²) in [6.45, 7) is 7.93. The summed E-state index contributed by atoms with van der Waals surface area (Å²) in [5, 5.41) is 3.83. The number of hydrogen-bond donors (Lipinski definition) is 1. The molecule has 6 nitrogen and oxygen atoms in total. The molecular weight excluding hydrogens is 376 g/mol. The van der Waals surface area contributed by atoms with Crippen molar-refractivity contribution in [2.24, 2.45) is 5.92 Å². The molecule has 0 saturated carbocycles. The van der Waals surface area contributed by atoms with Gasteiger partial charge in [-0.05, 0) is 56.4 Å². The van der Waals surface area contributed by atoms with Gasteiger partial charge in [-0.15, -0.1) is 0 Å². The van der Waals surface area contributed by atoms with Gasteiger partial charge < -0.3 is 10.2 Å². The lowest BCUT2D eigenvalue weighted by molar-refractivity contribution is -0.116. The molecule has 1 atom stereocenters. The maximum absolute atomic E-state index is 12.9. The van der Waals surface area contributed by atoms with Gasteiger partial charge in [0.1, 0.15) is 12.4 Å². The lowest BCUT2D eigenvalue weighted by Gasteiger charge is -2.32. The molecule has 1 amide bonds. The Kier molecular flexibility index (Phi) is 5.57. The normalized spacial score (nSPS) is 16.6. The Hall–Kier alpha value is -3.15. The van der Waals surface area contributed by atoms with E-state index in [4.69, 9.17) is 0 Å². The van der Waals surface area contributed by atoms with Crippen LogP contribution in [0.2, 0.25) is 0 Å². The molecule has 1 aliphatic heterocycles. The highest BCUT2D eigenvalue weighted by molar-refractivity contribution is 5.94. The number of aryl methyl sites for hydroxylation is 2. The van der Waals surface area contributed by atoms with Gasteiger partial charge >= 0.3 is 5.69 Å². The van der Waals surface area contributed by atoms with Gasteiger partial charge in [0.05, 0.1) is 5.52 Å². The fourth-order valence-corrected chi connectivity index (χ4v) is 4.28. The molecule has 6 heteroatoms. The van der Waals surface area contributed by atoms with Crippen molar-refractivity contribution in [2.45, 2.75) is 40.2 Å². The molecule has 1 aliphatic rings. The van der Waals surface area contributed by atoms with Gasteiger partial charge in [-0.25, -0.2) is 4.79 Å². The third-order valence-electron chi connectivity index (χ3n) is 5.78. The zero-order chi connectivity index (χ0) is 21.3. The number of benzene rings is 2. The Bertz CT molecular complexity index is 1150. The Balaban J connectivity index is 1.66. The molecular formula is C24H28N4O2. The molecule has 1 unspecified atom stereocenters. The van der Waals surface area contributed by atoms with Crippen LogP contribution in [-0.4, -0.2) is 28.5 Å². The number of amides is 1. The predicted molar refractivity (Wildman–Crippen MR) is 121 cm³/mol. The van der Waals surface area contributed by atoms with Gasteiger partial charge in [-0.2, -0.15) is 4.98 Å². The second kappa shape index (κ2) is 8.30. The van der Waals surface area contributed by atoms with E-state index in [1.165, 1.54) is 11.0 Å². The minimum absolute atomic E-state index is 0.0731. The van der Waals surface area contributed by atoms with Crippen LogP contribution in [0, 0.1) is 19.8 Å². The Morgan fingerprint density at radius 3 is 2.77 bits per heavy atom. The van der Waals surface area contributed by atoms with E-state index in [0.717, 1.165) is 53.0 Å². The second-order valence-electron chi connectivity index (χ2n) is 8.38. The number of rotatable bonds is 4. The third kappa shape index (κ3) is 4.08. The summed E-state index contributed by atoms with van der Waals surface area (Å²) in [6.07, 6.45) is 2.29. The average Bonchev–Trinajstić information content (AvgIpc) is 2.72. The van der Waals surface area contributed by atoms with Crippen LogP contribution in [0.25, 0.3) is 10.9 Å². The van der Waals surface area contributed by atoms with E-state index in [1.807, 2.05) is 56.3 Å². The molecule has 3 aromatic rings. The van der Waals surface area contributed by atoms with Crippen molar-refractivity contribution in [1.82, 2.24) is 9.55 Å².